The third-order valence-corrected chi connectivity index (χ3v) is 1.23. The first-order valence-electron chi connectivity index (χ1n) is 3.16. The van der Waals surface area contributed by atoms with Crippen LogP contribution in [-0.2, 0) is 0 Å². The highest BCUT2D eigenvalue weighted by atomic mass is 16.7. The minimum absolute atomic E-state index is 0.350. The molecule has 3 nitrogen and oxygen atoms in total. The lowest BCUT2D eigenvalue weighted by Gasteiger charge is -1.98. The van der Waals surface area contributed by atoms with Crippen LogP contribution in [0.2, 0.25) is 0 Å². The molecule has 1 rings (SSSR count). The minimum atomic E-state index is -1.28. The molecule has 1 aromatic carbocycles. The summed E-state index contributed by atoms with van der Waals surface area (Å²) in [5.74, 6) is 0.350. The van der Waals surface area contributed by atoms with E-state index in [1.807, 2.05) is 6.92 Å². The molecule has 0 aliphatic heterocycles. The van der Waals surface area contributed by atoms with Gasteiger partial charge in [0.2, 0.25) is 0 Å². The zero-order valence-electron chi connectivity index (χ0n) is 6.07. The first kappa shape index (κ1) is 7.60. The van der Waals surface area contributed by atoms with Crippen molar-refractivity contribution >= 4 is 6.16 Å². The van der Waals surface area contributed by atoms with Gasteiger partial charge in [-0.1, -0.05) is 17.7 Å². The van der Waals surface area contributed by atoms with Crippen LogP contribution < -0.4 is 4.74 Å². The molecular weight excluding hydrogens is 144 g/mol. The topological polar surface area (TPSA) is 46.5 Å². The van der Waals surface area contributed by atoms with Crippen LogP contribution in [0, 0.1) is 6.92 Å². The molecule has 0 aromatic heterocycles. The van der Waals surface area contributed by atoms with Crippen LogP contribution in [0.15, 0.2) is 24.3 Å². The standard InChI is InChI=1S/C8H8O3/c1-6-2-4-7(5-3-6)11-8(9)10/h2-5H,1H3,(H,9,10). The highest BCUT2D eigenvalue weighted by Gasteiger charge is 1.97. The van der Waals surface area contributed by atoms with Crippen LogP contribution >= 0.6 is 0 Å². The molecule has 0 unspecified atom stereocenters. The third-order valence-electron chi connectivity index (χ3n) is 1.23. The second-order valence-corrected chi connectivity index (χ2v) is 2.18. The van der Waals surface area contributed by atoms with E-state index in [1.54, 1.807) is 24.3 Å². The summed E-state index contributed by atoms with van der Waals surface area (Å²) in [6.45, 7) is 1.92. The fourth-order valence-corrected chi connectivity index (χ4v) is 0.707. The van der Waals surface area contributed by atoms with Gasteiger partial charge >= 0.3 is 6.16 Å². The smallest absolute Gasteiger partial charge is 0.449 e. The summed E-state index contributed by atoms with van der Waals surface area (Å²) in [4.78, 5) is 10.0. The maximum absolute atomic E-state index is 10.0. The van der Waals surface area contributed by atoms with Crippen LogP contribution in [0.25, 0.3) is 0 Å². The Balaban J connectivity index is 2.74. The SMILES string of the molecule is Cc1ccc(OC(=O)O)cc1. The van der Waals surface area contributed by atoms with E-state index in [1.165, 1.54) is 0 Å². The maximum Gasteiger partial charge on any atom is 0.511 e. The van der Waals surface area contributed by atoms with Gasteiger partial charge in [0.1, 0.15) is 5.75 Å². The van der Waals surface area contributed by atoms with Gasteiger partial charge in [0, 0.05) is 0 Å². The molecule has 0 amide bonds. The van der Waals surface area contributed by atoms with E-state index < -0.39 is 6.16 Å². The number of carboxylic acid groups (broad SMARTS) is 1. The number of rotatable bonds is 1. The molecule has 0 heterocycles. The number of hydrogen-bond donors (Lipinski definition) is 1. The van der Waals surface area contributed by atoms with Gasteiger partial charge in [-0.05, 0) is 19.1 Å². The quantitative estimate of drug-likeness (QED) is 0.494. The van der Waals surface area contributed by atoms with Crippen molar-refractivity contribution in [2.45, 2.75) is 6.92 Å². The number of carbonyl (C=O) groups is 1. The number of hydrogen-bond acceptors (Lipinski definition) is 2. The predicted octanol–water partition coefficient (Wildman–Crippen LogP) is 2.05. The second-order valence-electron chi connectivity index (χ2n) is 2.18. The van der Waals surface area contributed by atoms with Crippen molar-refractivity contribution in [3.05, 3.63) is 29.8 Å². The average Bonchev–Trinajstić information content (AvgIpc) is 1.93. The Hall–Kier alpha value is -1.51. The molecule has 0 saturated carbocycles. The Kier molecular flexibility index (Phi) is 2.11. The van der Waals surface area contributed by atoms with Gasteiger partial charge < -0.3 is 9.84 Å². The molecule has 1 N–H and O–H groups in total. The zero-order chi connectivity index (χ0) is 8.27. The van der Waals surface area contributed by atoms with Crippen LogP contribution in [0.1, 0.15) is 5.56 Å². The van der Waals surface area contributed by atoms with Gasteiger partial charge in [0.15, 0.2) is 0 Å². The molecule has 3 heteroatoms. The molecule has 0 spiro atoms. The van der Waals surface area contributed by atoms with Crippen molar-refractivity contribution in [3.63, 3.8) is 0 Å². The van der Waals surface area contributed by atoms with E-state index in [4.69, 9.17) is 5.11 Å². The molecule has 0 bridgehead atoms. The van der Waals surface area contributed by atoms with Gasteiger partial charge in [0.05, 0.1) is 0 Å². The first-order chi connectivity index (χ1) is 5.18. The summed E-state index contributed by atoms with van der Waals surface area (Å²) in [5, 5.41) is 8.21. The summed E-state index contributed by atoms with van der Waals surface area (Å²) in [5.41, 5.74) is 1.07. The summed E-state index contributed by atoms with van der Waals surface area (Å²) >= 11 is 0. The molecular formula is C8H8O3. The van der Waals surface area contributed by atoms with Crippen LogP contribution in [0.3, 0.4) is 0 Å². The normalized spacial score (nSPS) is 9.18. The van der Waals surface area contributed by atoms with Crippen LogP contribution in [0.4, 0.5) is 4.79 Å². The van der Waals surface area contributed by atoms with Gasteiger partial charge in [-0.15, -0.1) is 0 Å². The molecule has 0 aliphatic rings. The van der Waals surface area contributed by atoms with E-state index in [9.17, 15) is 4.79 Å². The highest BCUT2D eigenvalue weighted by Crippen LogP contribution is 2.10. The summed E-state index contributed by atoms with van der Waals surface area (Å²) < 4.78 is 4.39. The molecule has 0 radical (unpaired) electrons. The van der Waals surface area contributed by atoms with Crippen molar-refractivity contribution in [3.8, 4) is 5.75 Å². The molecule has 0 aliphatic carbocycles. The molecule has 58 valence electrons. The monoisotopic (exact) mass is 152 g/mol. The second kappa shape index (κ2) is 3.05. The van der Waals surface area contributed by atoms with E-state index in [2.05, 4.69) is 4.74 Å². The summed E-state index contributed by atoms with van der Waals surface area (Å²) in [6, 6.07) is 6.81. The Morgan fingerprint density at radius 2 is 1.91 bits per heavy atom. The maximum atomic E-state index is 10.0. The van der Waals surface area contributed by atoms with E-state index in [0.29, 0.717) is 5.75 Å². The Morgan fingerprint density at radius 1 is 1.36 bits per heavy atom. The van der Waals surface area contributed by atoms with Gasteiger partial charge in [0.25, 0.3) is 0 Å². The lowest BCUT2D eigenvalue weighted by atomic mass is 10.2. The molecule has 1 aromatic rings. The van der Waals surface area contributed by atoms with Crippen molar-refractivity contribution in [1.29, 1.82) is 0 Å². The summed E-state index contributed by atoms with van der Waals surface area (Å²) in [6.07, 6.45) is -1.28. The molecule has 0 fully saturated rings. The largest absolute Gasteiger partial charge is 0.511 e. The molecule has 0 atom stereocenters. The van der Waals surface area contributed by atoms with Crippen molar-refractivity contribution in [1.82, 2.24) is 0 Å². The lowest BCUT2D eigenvalue weighted by molar-refractivity contribution is 0.144. The first-order valence-corrected chi connectivity index (χ1v) is 3.16. The van der Waals surface area contributed by atoms with Gasteiger partial charge in [-0.2, -0.15) is 0 Å². The summed E-state index contributed by atoms with van der Waals surface area (Å²) in [7, 11) is 0. The molecule has 0 saturated heterocycles. The fourth-order valence-electron chi connectivity index (χ4n) is 0.707. The van der Waals surface area contributed by atoms with Crippen LogP contribution in [0.5, 0.6) is 5.75 Å². The van der Waals surface area contributed by atoms with E-state index in [-0.39, 0.29) is 0 Å². The number of ether oxygens (including phenoxy) is 1. The Labute approximate surface area is 64.2 Å². The average molecular weight is 152 g/mol. The lowest BCUT2D eigenvalue weighted by Crippen LogP contribution is -2.02. The third kappa shape index (κ3) is 2.29. The van der Waals surface area contributed by atoms with Crippen molar-refractivity contribution in [2.75, 3.05) is 0 Å². The highest BCUT2D eigenvalue weighted by molar-refractivity contribution is 5.61. The van der Waals surface area contributed by atoms with E-state index in [0.717, 1.165) is 5.56 Å². The zero-order valence-corrected chi connectivity index (χ0v) is 6.07. The van der Waals surface area contributed by atoms with Gasteiger partial charge in [-0.3, -0.25) is 0 Å². The predicted molar refractivity (Wildman–Crippen MR) is 39.8 cm³/mol. The number of aryl methyl sites for hydroxylation is 1. The minimum Gasteiger partial charge on any atom is -0.449 e. The fraction of sp³-hybridized carbons (Fsp3) is 0.125. The Morgan fingerprint density at radius 3 is 2.36 bits per heavy atom. The number of benzene rings is 1. The Bertz CT molecular complexity index is 251. The van der Waals surface area contributed by atoms with Crippen LogP contribution in [-0.4, -0.2) is 11.3 Å². The van der Waals surface area contributed by atoms with Gasteiger partial charge in [-0.25, -0.2) is 4.79 Å². The molecule has 11 heavy (non-hydrogen) atoms. The van der Waals surface area contributed by atoms with E-state index >= 15 is 0 Å². The van der Waals surface area contributed by atoms with Crippen molar-refractivity contribution in [2.24, 2.45) is 0 Å². The van der Waals surface area contributed by atoms with Crippen molar-refractivity contribution < 1.29 is 14.6 Å².